The van der Waals surface area contributed by atoms with E-state index in [1.165, 1.54) is 32.1 Å². The molecule has 4 nitrogen and oxygen atoms in total. The Morgan fingerprint density at radius 2 is 1.88 bits per heavy atom. The van der Waals surface area contributed by atoms with Crippen molar-refractivity contribution in [1.29, 1.82) is 0 Å². The highest BCUT2D eigenvalue weighted by molar-refractivity contribution is 5.17. The summed E-state index contributed by atoms with van der Waals surface area (Å²) in [6.07, 6.45) is 8.28. The average Bonchev–Trinajstić information content (AvgIpc) is 2.30. The van der Waals surface area contributed by atoms with Crippen molar-refractivity contribution in [3.8, 4) is 0 Å². The van der Waals surface area contributed by atoms with E-state index in [1.54, 1.807) is 0 Å². The number of nitrogen functional groups attached to an aromatic ring is 1. The molecule has 0 aromatic carbocycles. The van der Waals surface area contributed by atoms with Crippen molar-refractivity contribution < 1.29 is 0 Å². The standard InChI is InChI=1S/C12H20N4/c1-2-6-10-14-11(16-12(13)15-10)9-7-4-3-5-8-9/h9H,2-8H2,1H3,(H2,13,14,15,16). The second-order valence-electron chi connectivity index (χ2n) is 4.55. The Balaban J connectivity index is 2.18. The Hall–Kier alpha value is -1.19. The number of rotatable bonds is 3. The summed E-state index contributed by atoms with van der Waals surface area (Å²) < 4.78 is 0. The van der Waals surface area contributed by atoms with Crippen LogP contribution in [-0.4, -0.2) is 15.0 Å². The number of aromatic nitrogens is 3. The first-order valence-electron chi connectivity index (χ1n) is 6.30. The monoisotopic (exact) mass is 220 g/mol. The summed E-state index contributed by atoms with van der Waals surface area (Å²) in [5.74, 6) is 2.68. The molecule has 0 saturated heterocycles. The third-order valence-electron chi connectivity index (χ3n) is 3.16. The summed E-state index contributed by atoms with van der Waals surface area (Å²) in [6.45, 7) is 2.13. The zero-order valence-electron chi connectivity index (χ0n) is 9.95. The predicted octanol–water partition coefficient (Wildman–Crippen LogP) is 2.45. The van der Waals surface area contributed by atoms with Crippen LogP contribution in [-0.2, 0) is 6.42 Å². The smallest absolute Gasteiger partial charge is 0.223 e. The van der Waals surface area contributed by atoms with Gasteiger partial charge in [-0.3, -0.25) is 0 Å². The molecule has 16 heavy (non-hydrogen) atoms. The fraction of sp³-hybridized carbons (Fsp3) is 0.750. The molecule has 1 aromatic rings. The quantitative estimate of drug-likeness (QED) is 0.849. The summed E-state index contributed by atoms with van der Waals surface area (Å²) in [5, 5.41) is 0. The van der Waals surface area contributed by atoms with Crippen LogP contribution in [0.2, 0.25) is 0 Å². The minimum atomic E-state index is 0.388. The highest BCUT2D eigenvalue weighted by Gasteiger charge is 2.19. The molecular weight excluding hydrogens is 200 g/mol. The van der Waals surface area contributed by atoms with Crippen LogP contribution >= 0.6 is 0 Å². The zero-order valence-corrected chi connectivity index (χ0v) is 9.95. The highest BCUT2D eigenvalue weighted by Crippen LogP contribution is 2.30. The average molecular weight is 220 g/mol. The third kappa shape index (κ3) is 2.68. The molecule has 0 bridgehead atoms. The maximum atomic E-state index is 5.73. The molecule has 4 heteroatoms. The van der Waals surface area contributed by atoms with Crippen LogP contribution in [0.1, 0.15) is 63.0 Å². The molecule has 1 saturated carbocycles. The van der Waals surface area contributed by atoms with Gasteiger partial charge in [0.1, 0.15) is 11.6 Å². The van der Waals surface area contributed by atoms with Gasteiger partial charge in [0.05, 0.1) is 0 Å². The van der Waals surface area contributed by atoms with Crippen LogP contribution < -0.4 is 5.73 Å². The molecule has 1 heterocycles. The van der Waals surface area contributed by atoms with E-state index < -0.39 is 0 Å². The van der Waals surface area contributed by atoms with Gasteiger partial charge in [-0.05, 0) is 19.3 Å². The lowest BCUT2D eigenvalue weighted by Crippen LogP contribution is -2.13. The molecule has 0 radical (unpaired) electrons. The molecule has 2 N–H and O–H groups in total. The largest absolute Gasteiger partial charge is 0.368 e. The Morgan fingerprint density at radius 3 is 2.56 bits per heavy atom. The van der Waals surface area contributed by atoms with Crippen LogP contribution in [0.5, 0.6) is 0 Å². The van der Waals surface area contributed by atoms with Crippen molar-refractivity contribution >= 4 is 5.95 Å². The van der Waals surface area contributed by atoms with Gasteiger partial charge in [0.15, 0.2) is 0 Å². The number of nitrogens with two attached hydrogens (primary N) is 1. The Labute approximate surface area is 96.7 Å². The predicted molar refractivity (Wildman–Crippen MR) is 64.1 cm³/mol. The first kappa shape index (κ1) is 11.3. The van der Waals surface area contributed by atoms with Crippen LogP contribution in [0, 0.1) is 0 Å². The lowest BCUT2D eigenvalue weighted by molar-refractivity contribution is 0.426. The van der Waals surface area contributed by atoms with Crippen LogP contribution in [0.25, 0.3) is 0 Å². The van der Waals surface area contributed by atoms with E-state index in [-0.39, 0.29) is 0 Å². The van der Waals surface area contributed by atoms with E-state index >= 15 is 0 Å². The van der Waals surface area contributed by atoms with Crippen molar-refractivity contribution in [1.82, 2.24) is 15.0 Å². The van der Waals surface area contributed by atoms with E-state index in [0.29, 0.717) is 11.9 Å². The van der Waals surface area contributed by atoms with Gasteiger partial charge in [0.2, 0.25) is 5.95 Å². The first-order valence-corrected chi connectivity index (χ1v) is 6.30. The van der Waals surface area contributed by atoms with Gasteiger partial charge >= 0.3 is 0 Å². The number of anilines is 1. The summed E-state index contributed by atoms with van der Waals surface area (Å²) in [7, 11) is 0. The summed E-state index contributed by atoms with van der Waals surface area (Å²) in [4.78, 5) is 13.0. The Kier molecular flexibility index (Phi) is 3.70. The van der Waals surface area contributed by atoms with E-state index in [1.807, 2.05) is 0 Å². The van der Waals surface area contributed by atoms with Gasteiger partial charge < -0.3 is 5.73 Å². The van der Waals surface area contributed by atoms with E-state index in [9.17, 15) is 0 Å². The van der Waals surface area contributed by atoms with Crippen LogP contribution in [0.15, 0.2) is 0 Å². The number of hydrogen-bond donors (Lipinski definition) is 1. The van der Waals surface area contributed by atoms with Gasteiger partial charge in [0.25, 0.3) is 0 Å². The molecule has 0 aliphatic heterocycles. The number of aryl methyl sites for hydroxylation is 1. The minimum absolute atomic E-state index is 0.388. The lowest BCUT2D eigenvalue weighted by atomic mass is 9.89. The maximum Gasteiger partial charge on any atom is 0.223 e. The maximum absolute atomic E-state index is 5.73. The second kappa shape index (κ2) is 5.23. The SMILES string of the molecule is CCCc1nc(N)nc(C2CCCCC2)n1. The minimum Gasteiger partial charge on any atom is -0.368 e. The normalized spacial score (nSPS) is 17.6. The van der Waals surface area contributed by atoms with Gasteiger partial charge in [-0.25, -0.2) is 4.98 Å². The number of hydrogen-bond acceptors (Lipinski definition) is 4. The van der Waals surface area contributed by atoms with Crippen LogP contribution in [0.3, 0.4) is 0 Å². The van der Waals surface area contributed by atoms with Gasteiger partial charge in [-0.1, -0.05) is 26.2 Å². The third-order valence-corrected chi connectivity index (χ3v) is 3.16. The molecule has 1 aliphatic rings. The molecule has 0 spiro atoms. The van der Waals surface area contributed by atoms with Crippen molar-refractivity contribution in [3.05, 3.63) is 11.6 Å². The zero-order chi connectivity index (χ0) is 11.4. The van der Waals surface area contributed by atoms with E-state index in [2.05, 4.69) is 21.9 Å². The molecule has 1 fully saturated rings. The summed E-state index contributed by atoms with van der Waals surface area (Å²) in [6, 6.07) is 0. The molecule has 0 atom stereocenters. The van der Waals surface area contributed by atoms with Gasteiger partial charge in [0, 0.05) is 12.3 Å². The van der Waals surface area contributed by atoms with E-state index in [0.717, 1.165) is 24.5 Å². The second-order valence-corrected chi connectivity index (χ2v) is 4.55. The summed E-state index contributed by atoms with van der Waals surface area (Å²) >= 11 is 0. The van der Waals surface area contributed by atoms with E-state index in [4.69, 9.17) is 5.73 Å². The lowest BCUT2D eigenvalue weighted by Gasteiger charge is -2.20. The molecule has 1 aromatic heterocycles. The first-order chi connectivity index (χ1) is 7.79. The van der Waals surface area contributed by atoms with Crippen molar-refractivity contribution in [3.63, 3.8) is 0 Å². The highest BCUT2D eigenvalue weighted by atomic mass is 15.1. The van der Waals surface area contributed by atoms with Crippen molar-refractivity contribution in [2.75, 3.05) is 5.73 Å². The number of nitrogens with zero attached hydrogens (tertiary/aromatic N) is 3. The Bertz CT molecular complexity index is 345. The molecule has 0 unspecified atom stereocenters. The molecule has 2 rings (SSSR count). The van der Waals surface area contributed by atoms with Gasteiger partial charge in [-0.15, -0.1) is 0 Å². The van der Waals surface area contributed by atoms with Crippen LogP contribution in [0.4, 0.5) is 5.95 Å². The Morgan fingerprint density at radius 1 is 1.12 bits per heavy atom. The molecule has 88 valence electrons. The molecule has 1 aliphatic carbocycles. The topological polar surface area (TPSA) is 64.7 Å². The molecule has 0 amide bonds. The van der Waals surface area contributed by atoms with Gasteiger partial charge in [-0.2, -0.15) is 9.97 Å². The fourth-order valence-corrected chi connectivity index (χ4v) is 2.34. The fourth-order valence-electron chi connectivity index (χ4n) is 2.34. The van der Waals surface area contributed by atoms with Crippen molar-refractivity contribution in [2.24, 2.45) is 0 Å². The summed E-state index contributed by atoms with van der Waals surface area (Å²) in [5.41, 5.74) is 5.73. The molecular formula is C12H20N4. The van der Waals surface area contributed by atoms with Crippen molar-refractivity contribution in [2.45, 2.75) is 57.8 Å².